The molecule has 1 heterocycles. The molecular weight excluding hydrogens is 294 g/mol. The molecule has 0 saturated carbocycles. The molecule has 23 heavy (non-hydrogen) atoms. The highest BCUT2D eigenvalue weighted by atomic mass is 16.5. The van der Waals surface area contributed by atoms with Crippen LogP contribution in [0.5, 0.6) is 5.75 Å². The lowest BCUT2D eigenvalue weighted by Gasteiger charge is -2.07. The molecule has 0 fully saturated rings. The Morgan fingerprint density at radius 2 is 1.96 bits per heavy atom. The number of rotatable bonds is 4. The lowest BCUT2D eigenvalue weighted by Crippen LogP contribution is -2.11. The summed E-state index contributed by atoms with van der Waals surface area (Å²) in [5.74, 6) is 1.48. The van der Waals surface area contributed by atoms with Gasteiger partial charge in [0.05, 0.1) is 7.11 Å². The van der Waals surface area contributed by atoms with Crippen molar-refractivity contribution in [3.8, 4) is 17.2 Å². The van der Waals surface area contributed by atoms with Crippen molar-refractivity contribution in [2.45, 2.75) is 6.92 Å². The number of methoxy groups -OCH3 is 1. The summed E-state index contributed by atoms with van der Waals surface area (Å²) in [5.41, 5.74) is 1.97. The number of hydrogen-bond acceptors (Lipinski definition) is 5. The normalized spacial score (nSPS) is 10.3. The summed E-state index contributed by atoms with van der Waals surface area (Å²) in [6.45, 7) is 1.75. The lowest BCUT2D eigenvalue weighted by molar-refractivity contribution is 0.102. The number of aromatic nitrogens is 2. The summed E-state index contributed by atoms with van der Waals surface area (Å²) in [6.07, 6.45) is 0. The average molecular weight is 309 g/mol. The molecule has 0 spiro atoms. The number of amides is 1. The second kappa shape index (κ2) is 6.31. The molecular formula is C17H15N3O3. The third-order valence-corrected chi connectivity index (χ3v) is 3.25. The van der Waals surface area contributed by atoms with Crippen LogP contribution < -0.4 is 10.1 Å². The van der Waals surface area contributed by atoms with Gasteiger partial charge in [0.1, 0.15) is 5.75 Å². The average Bonchev–Trinajstić information content (AvgIpc) is 3.01. The molecule has 0 radical (unpaired) electrons. The lowest BCUT2D eigenvalue weighted by atomic mass is 10.1. The number of aryl methyl sites for hydroxylation is 1. The number of hydrogen-bond donors (Lipinski definition) is 1. The fourth-order valence-corrected chi connectivity index (χ4v) is 2.08. The highest BCUT2D eigenvalue weighted by Crippen LogP contribution is 2.20. The summed E-state index contributed by atoms with van der Waals surface area (Å²) in [7, 11) is 1.58. The smallest absolute Gasteiger partial charge is 0.257 e. The maximum absolute atomic E-state index is 12.3. The van der Waals surface area contributed by atoms with Crippen LogP contribution in [0.2, 0.25) is 0 Å². The first kappa shape index (κ1) is 14.8. The second-order valence-corrected chi connectivity index (χ2v) is 4.91. The fourth-order valence-electron chi connectivity index (χ4n) is 2.08. The van der Waals surface area contributed by atoms with Crippen LogP contribution in [-0.2, 0) is 0 Å². The van der Waals surface area contributed by atoms with Crippen molar-refractivity contribution in [1.82, 2.24) is 10.1 Å². The molecule has 1 amide bonds. The van der Waals surface area contributed by atoms with Crippen molar-refractivity contribution in [1.29, 1.82) is 0 Å². The number of nitrogens with zero attached hydrogens (tertiary/aromatic N) is 2. The van der Waals surface area contributed by atoms with Gasteiger partial charge in [-0.15, -0.1) is 0 Å². The topological polar surface area (TPSA) is 77.2 Å². The SMILES string of the molecule is COc1cccc(NC(=O)c2ccc(-c3nc(C)no3)cc2)c1. The van der Waals surface area contributed by atoms with Crippen molar-refractivity contribution < 1.29 is 14.1 Å². The molecule has 1 N–H and O–H groups in total. The molecule has 3 rings (SSSR count). The van der Waals surface area contributed by atoms with Crippen LogP contribution in [0.4, 0.5) is 5.69 Å². The minimum Gasteiger partial charge on any atom is -0.497 e. The second-order valence-electron chi connectivity index (χ2n) is 4.91. The minimum atomic E-state index is -0.202. The Morgan fingerprint density at radius 1 is 1.17 bits per heavy atom. The first-order valence-corrected chi connectivity index (χ1v) is 7.02. The molecule has 0 atom stereocenters. The molecule has 3 aromatic rings. The van der Waals surface area contributed by atoms with Crippen LogP contribution in [0.25, 0.3) is 11.5 Å². The van der Waals surface area contributed by atoms with Crippen molar-refractivity contribution in [3.05, 3.63) is 59.9 Å². The van der Waals surface area contributed by atoms with E-state index < -0.39 is 0 Å². The number of anilines is 1. The van der Waals surface area contributed by atoms with Crippen molar-refractivity contribution >= 4 is 11.6 Å². The quantitative estimate of drug-likeness (QED) is 0.800. The number of nitrogens with one attached hydrogen (secondary N) is 1. The Kier molecular flexibility index (Phi) is 4.05. The van der Waals surface area contributed by atoms with E-state index in [0.717, 1.165) is 5.56 Å². The van der Waals surface area contributed by atoms with Crippen LogP contribution >= 0.6 is 0 Å². The molecule has 6 heteroatoms. The van der Waals surface area contributed by atoms with E-state index >= 15 is 0 Å². The first-order chi connectivity index (χ1) is 11.2. The Bertz CT molecular complexity index is 825. The van der Waals surface area contributed by atoms with E-state index in [1.54, 1.807) is 50.4 Å². The zero-order valence-corrected chi connectivity index (χ0v) is 12.7. The maximum Gasteiger partial charge on any atom is 0.257 e. The number of benzene rings is 2. The van der Waals surface area contributed by atoms with Gasteiger partial charge >= 0.3 is 0 Å². The van der Waals surface area contributed by atoms with Gasteiger partial charge in [-0.1, -0.05) is 11.2 Å². The summed E-state index contributed by atoms with van der Waals surface area (Å²) in [4.78, 5) is 16.4. The van der Waals surface area contributed by atoms with E-state index in [0.29, 0.717) is 28.7 Å². The van der Waals surface area contributed by atoms with Gasteiger partial charge in [-0.2, -0.15) is 4.98 Å². The molecule has 0 bridgehead atoms. The summed E-state index contributed by atoms with van der Waals surface area (Å²) >= 11 is 0. The molecule has 0 unspecified atom stereocenters. The van der Waals surface area contributed by atoms with Gasteiger partial charge in [0.25, 0.3) is 11.8 Å². The van der Waals surface area contributed by atoms with Gasteiger partial charge < -0.3 is 14.6 Å². The number of ether oxygens (including phenoxy) is 1. The molecule has 6 nitrogen and oxygen atoms in total. The molecule has 0 aliphatic rings. The van der Waals surface area contributed by atoms with Crippen LogP contribution in [0, 0.1) is 6.92 Å². The zero-order valence-electron chi connectivity index (χ0n) is 12.7. The van der Waals surface area contributed by atoms with Gasteiger partial charge in [0.15, 0.2) is 5.82 Å². The third-order valence-electron chi connectivity index (χ3n) is 3.25. The van der Waals surface area contributed by atoms with Gasteiger partial charge in [-0.25, -0.2) is 0 Å². The van der Waals surface area contributed by atoms with Gasteiger partial charge in [0, 0.05) is 22.9 Å². The maximum atomic E-state index is 12.3. The van der Waals surface area contributed by atoms with Crippen molar-refractivity contribution in [2.75, 3.05) is 12.4 Å². The number of carbonyl (C=O) groups is 1. The Balaban J connectivity index is 1.75. The molecule has 0 saturated heterocycles. The van der Waals surface area contributed by atoms with E-state index in [2.05, 4.69) is 15.5 Å². The Morgan fingerprint density at radius 3 is 2.61 bits per heavy atom. The van der Waals surface area contributed by atoms with E-state index in [1.165, 1.54) is 0 Å². The van der Waals surface area contributed by atoms with E-state index in [-0.39, 0.29) is 5.91 Å². The fraction of sp³-hybridized carbons (Fsp3) is 0.118. The van der Waals surface area contributed by atoms with Crippen LogP contribution in [0.3, 0.4) is 0 Å². The summed E-state index contributed by atoms with van der Waals surface area (Å²) < 4.78 is 10.2. The molecule has 2 aromatic carbocycles. The van der Waals surface area contributed by atoms with Gasteiger partial charge in [-0.05, 0) is 43.3 Å². The molecule has 0 aliphatic heterocycles. The predicted molar refractivity (Wildman–Crippen MR) is 85.4 cm³/mol. The molecule has 1 aromatic heterocycles. The summed E-state index contributed by atoms with van der Waals surface area (Å²) in [6, 6.07) is 14.2. The summed E-state index contributed by atoms with van der Waals surface area (Å²) in [5, 5.41) is 6.57. The standard InChI is InChI=1S/C17H15N3O3/c1-11-18-17(23-20-11)13-8-6-12(7-9-13)16(21)19-14-4-3-5-15(10-14)22-2/h3-10H,1-2H3,(H,19,21). The zero-order chi connectivity index (χ0) is 16.2. The minimum absolute atomic E-state index is 0.202. The van der Waals surface area contributed by atoms with E-state index in [4.69, 9.17) is 9.26 Å². The van der Waals surface area contributed by atoms with Crippen molar-refractivity contribution in [3.63, 3.8) is 0 Å². The monoisotopic (exact) mass is 309 g/mol. The van der Waals surface area contributed by atoms with Gasteiger partial charge in [0.2, 0.25) is 0 Å². The van der Waals surface area contributed by atoms with Crippen molar-refractivity contribution in [2.24, 2.45) is 0 Å². The van der Waals surface area contributed by atoms with Crippen LogP contribution in [0.15, 0.2) is 53.1 Å². The largest absolute Gasteiger partial charge is 0.497 e. The molecule has 116 valence electrons. The predicted octanol–water partition coefficient (Wildman–Crippen LogP) is 3.31. The van der Waals surface area contributed by atoms with E-state index in [1.807, 2.05) is 12.1 Å². The Hall–Kier alpha value is -3.15. The van der Waals surface area contributed by atoms with Crippen LogP contribution in [-0.4, -0.2) is 23.2 Å². The van der Waals surface area contributed by atoms with Gasteiger partial charge in [-0.3, -0.25) is 4.79 Å². The van der Waals surface area contributed by atoms with Crippen LogP contribution in [0.1, 0.15) is 16.2 Å². The highest BCUT2D eigenvalue weighted by molar-refractivity contribution is 6.04. The first-order valence-electron chi connectivity index (χ1n) is 7.02. The number of carbonyl (C=O) groups excluding carboxylic acids is 1. The Labute approximate surface area is 133 Å². The highest BCUT2D eigenvalue weighted by Gasteiger charge is 2.10. The van der Waals surface area contributed by atoms with E-state index in [9.17, 15) is 4.79 Å². The third kappa shape index (κ3) is 3.37. The molecule has 0 aliphatic carbocycles.